The van der Waals surface area contributed by atoms with Crippen LogP contribution >= 0.6 is 0 Å². The first-order valence-electron chi connectivity index (χ1n) is 0.698. The van der Waals surface area contributed by atoms with E-state index in [1.54, 1.807) is 0 Å². The third-order valence-electron chi connectivity index (χ3n) is 0. The minimum atomic E-state index is -3.83. The van der Waals surface area contributed by atoms with Crippen molar-refractivity contribution in [3.05, 3.63) is 0 Å². The normalized spacial score (nSPS) is 8.29. The van der Waals surface area contributed by atoms with Gasteiger partial charge in [0.15, 0.2) is 0 Å². The second-order valence-electron chi connectivity index (χ2n) is 0.448. The molecular weight excluding hydrogens is 171 g/mol. The van der Waals surface area contributed by atoms with Gasteiger partial charge in [0.1, 0.15) is 0 Å². The van der Waals surface area contributed by atoms with Gasteiger partial charge in [-0.15, -0.1) is 0 Å². The molecule has 0 amide bonds. The van der Waals surface area contributed by atoms with Crippen molar-refractivity contribution in [1.29, 1.82) is 0 Å². The molecular formula is H2ClNaO3S2. The Morgan fingerprint density at radius 1 is 1.43 bits per heavy atom. The summed E-state index contributed by atoms with van der Waals surface area (Å²) in [4.78, 5) is 0. The maximum Gasteiger partial charge on any atom is 1.00 e. The van der Waals surface area contributed by atoms with Crippen LogP contribution in [0.3, 0.4) is 0 Å². The minimum absolute atomic E-state index is 0. The summed E-state index contributed by atoms with van der Waals surface area (Å²) in [5.74, 6) is 0. The molecule has 0 radical (unpaired) electrons. The van der Waals surface area contributed by atoms with E-state index in [1.165, 1.54) is 0 Å². The van der Waals surface area contributed by atoms with Crippen LogP contribution in [0, 0.1) is 0 Å². The fraction of sp³-hybridized carbons (Fsp3) is 0. The summed E-state index contributed by atoms with van der Waals surface area (Å²) in [5, 5.41) is 0. The molecule has 7 heteroatoms. The van der Waals surface area contributed by atoms with E-state index in [1.807, 2.05) is 0 Å². The van der Waals surface area contributed by atoms with Crippen LogP contribution in [0.1, 0.15) is 0 Å². The Morgan fingerprint density at radius 2 is 1.43 bits per heavy atom. The molecule has 0 heterocycles. The first-order valence-corrected chi connectivity index (χ1v) is 3.10. The zero-order chi connectivity index (χ0) is 4.50. The van der Waals surface area contributed by atoms with Crippen molar-refractivity contribution >= 4 is 20.2 Å². The average molecular weight is 173 g/mol. The molecule has 0 spiro atoms. The predicted octanol–water partition coefficient (Wildman–Crippen LogP) is -6.31. The molecule has 0 bridgehead atoms. The topological polar surface area (TPSA) is 57.5 Å². The van der Waals surface area contributed by atoms with E-state index in [2.05, 4.69) is 11.2 Å². The molecule has 0 atom stereocenters. The molecule has 0 saturated carbocycles. The molecule has 0 fully saturated rings. The van der Waals surface area contributed by atoms with E-state index >= 15 is 0 Å². The molecule has 2 N–H and O–H groups in total. The Morgan fingerprint density at radius 3 is 1.43 bits per heavy atom. The van der Waals surface area contributed by atoms with Crippen molar-refractivity contribution in [2.75, 3.05) is 0 Å². The molecule has 0 aromatic carbocycles. The smallest absolute Gasteiger partial charge is 1.00 e. The van der Waals surface area contributed by atoms with Gasteiger partial charge < -0.3 is 12.4 Å². The summed E-state index contributed by atoms with van der Waals surface area (Å²) in [5.41, 5.74) is 0. The van der Waals surface area contributed by atoms with Crippen LogP contribution in [0.15, 0.2) is 0 Å². The Balaban J connectivity index is -0.0000000800. The standard InChI is InChI=1S/ClH.Na.H2O3S2/c;;1-5(2,3)4/h1H;;(H2,1,2,3,4)/q;+1;/p-1. The van der Waals surface area contributed by atoms with Crippen LogP contribution in [-0.2, 0) is 20.2 Å². The van der Waals surface area contributed by atoms with Gasteiger partial charge in [-0.2, -0.15) is 4.21 Å². The number of hydrogen-bond acceptors (Lipinski definition) is 2. The van der Waals surface area contributed by atoms with E-state index in [4.69, 9.17) is 13.3 Å². The SMILES string of the molecule is O=S(O)(O)=S.[Cl-].[Na+]. The van der Waals surface area contributed by atoms with Gasteiger partial charge >= 0.3 is 29.6 Å². The Hall–Kier alpha value is 1.58. The number of rotatable bonds is 0. The van der Waals surface area contributed by atoms with Crippen molar-refractivity contribution in [2.45, 2.75) is 0 Å². The van der Waals surface area contributed by atoms with Crippen LogP contribution in [-0.4, -0.2) is 13.3 Å². The second-order valence-corrected chi connectivity index (χ2v) is 2.65. The molecule has 0 unspecified atom stereocenters. The van der Waals surface area contributed by atoms with Crippen LogP contribution < -0.4 is 42.0 Å². The zero-order valence-corrected chi connectivity index (χ0v) is 7.89. The summed E-state index contributed by atoms with van der Waals surface area (Å²) >= 11 is 3.47. The Bertz CT molecular complexity index is 96.1. The van der Waals surface area contributed by atoms with E-state index < -0.39 is 9.05 Å². The summed E-state index contributed by atoms with van der Waals surface area (Å²) in [7, 11) is -3.83. The fourth-order valence-electron chi connectivity index (χ4n) is 0. The molecule has 7 heavy (non-hydrogen) atoms. The van der Waals surface area contributed by atoms with Crippen LogP contribution in [0.25, 0.3) is 0 Å². The molecule has 3 nitrogen and oxygen atoms in total. The minimum Gasteiger partial charge on any atom is -1.00 e. The third kappa shape index (κ3) is 94.5. The summed E-state index contributed by atoms with van der Waals surface area (Å²) in [6, 6.07) is 0. The van der Waals surface area contributed by atoms with Crippen molar-refractivity contribution in [1.82, 2.24) is 0 Å². The van der Waals surface area contributed by atoms with Crippen LogP contribution in [0.5, 0.6) is 0 Å². The average Bonchev–Trinajstić information content (AvgIpc) is 0.722. The first kappa shape index (κ1) is 15.8. The Labute approximate surface area is 74.9 Å². The van der Waals surface area contributed by atoms with Crippen LogP contribution in [0.4, 0.5) is 0 Å². The van der Waals surface area contributed by atoms with Gasteiger partial charge in [-0.05, 0) is 0 Å². The van der Waals surface area contributed by atoms with Crippen LogP contribution in [0.2, 0.25) is 0 Å². The summed E-state index contributed by atoms with van der Waals surface area (Å²) < 4.78 is 24.0. The van der Waals surface area contributed by atoms with Gasteiger partial charge in [0.2, 0.25) is 0 Å². The molecule has 0 aromatic rings. The van der Waals surface area contributed by atoms with E-state index in [9.17, 15) is 0 Å². The van der Waals surface area contributed by atoms with Crippen molar-refractivity contribution in [2.24, 2.45) is 0 Å². The monoisotopic (exact) mass is 172 g/mol. The quantitative estimate of drug-likeness (QED) is 0.357. The van der Waals surface area contributed by atoms with Gasteiger partial charge in [0.05, 0.1) is 0 Å². The van der Waals surface area contributed by atoms with E-state index in [0.717, 1.165) is 0 Å². The maximum atomic E-state index is 9.11. The predicted molar refractivity (Wildman–Crippen MR) is 20.8 cm³/mol. The second kappa shape index (κ2) is 5.71. The molecule has 0 saturated heterocycles. The molecule has 0 aliphatic heterocycles. The van der Waals surface area contributed by atoms with Crippen molar-refractivity contribution in [3.8, 4) is 0 Å². The van der Waals surface area contributed by atoms with Gasteiger partial charge in [-0.25, -0.2) is 0 Å². The van der Waals surface area contributed by atoms with Gasteiger partial charge in [0.25, 0.3) is 9.05 Å². The van der Waals surface area contributed by atoms with E-state index in [0.29, 0.717) is 0 Å². The Kier molecular flexibility index (Phi) is 12.9. The zero-order valence-electron chi connectivity index (χ0n) is 3.50. The first-order chi connectivity index (χ1) is 2.00. The largest absolute Gasteiger partial charge is 1.00 e. The van der Waals surface area contributed by atoms with E-state index in [-0.39, 0.29) is 42.0 Å². The van der Waals surface area contributed by atoms with Crippen molar-refractivity contribution < 1.29 is 55.3 Å². The van der Waals surface area contributed by atoms with Gasteiger partial charge in [0, 0.05) is 11.2 Å². The summed E-state index contributed by atoms with van der Waals surface area (Å²) in [6.07, 6.45) is 0. The molecule has 0 aliphatic carbocycles. The van der Waals surface area contributed by atoms with Gasteiger partial charge in [-0.3, -0.25) is 9.11 Å². The number of hydrogen-bond donors (Lipinski definition) is 2. The molecule has 40 valence electrons. The maximum absolute atomic E-state index is 9.11. The molecule has 0 aromatic heterocycles. The molecule has 0 aliphatic rings. The third-order valence-corrected chi connectivity index (χ3v) is 0. The number of halogens is 1. The summed E-state index contributed by atoms with van der Waals surface area (Å²) in [6.45, 7) is 0. The molecule has 0 rings (SSSR count). The fourth-order valence-corrected chi connectivity index (χ4v) is 0. The van der Waals surface area contributed by atoms with Gasteiger partial charge in [-0.1, -0.05) is 0 Å². The van der Waals surface area contributed by atoms with Crippen molar-refractivity contribution in [3.63, 3.8) is 0 Å².